The Morgan fingerprint density at radius 2 is 1.86 bits per heavy atom. The van der Waals surface area contributed by atoms with Crippen molar-refractivity contribution >= 4 is 10.9 Å². The molecule has 3 heterocycles. The van der Waals surface area contributed by atoms with Crippen molar-refractivity contribution in [3.05, 3.63) is 88.1 Å². The Balaban J connectivity index is 1.39. The van der Waals surface area contributed by atoms with Crippen LogP contribution in [-0.4, -0.2) is 35.3 Å². The number of hydrogen-bond acceptors (Lipinski definition) is 5. The molecule has 0 saturated carbocycles. The largest absolute Gasteiger partial charge is 0.497 e. The van der Waals surface area contributed by atoms with Gasteiger partial charge >= 0.3 is 0 Å². The van der Waals surface area contributed by atoms with Crippen molar-refractivity contribution in [3.63, 3.8) is 0 Å². The molecule has 2 aliphatic rings. The summed E-state index contributed by atoms with van der Waals surface area (Å²) in [4.78, 5) is 2.53. The molecule has 1 atom stereocenters. The third-order valence-corrected chi connectivity index (χ3v) is 7.92. The van der Waals surface area contributed by atoms with Crippen molar-refractivity contribution < 1.29 is 19.3 Å². The van der Waals surface area contributed by atoms with E-state index >= 15 is 0 Å². The van der Waals surface area contributed by atoms with Gasteiger partial charge in [0.25, 0.3) is 0 Å². The summed E-state index contributed by atoms with van der Waals surface area (Å²) in [6, 6.07) is 19.0. The number of benzene rings is 3. The average molecular weight is 485 g/mol. The van der Waals surface area contributed by atoms with E-state index in [1.807, 2.05) is 22.8 Å². The Morgan fingerprint density at radius 1 is 1.00 bits per heavy atom. The fourth-order valence-corrected chi connectivity index (χ4v) is 5.93. The summed E-state index contributed by atoms with van der Waals surface area (Å²) >= 11 is 0. The van der Waals surface area contributed by atoms with E-state index in [0.29, 0.717) is 6.61 Å². The Hall–Kier alpha value is -3.48. The monoisotopic (exact) mass is 484 g/mol. The van der Waals surface area contributed by atoms with Gasteiger partial charge in [0.05, 0.1) is 19.7 Å². The summed E-state index contributed by atoms with van der Waals surface area (Å²) in [6.07, 6.45) is 1.84. The highest BCUT2D eigenvalue weighted by Gasteiger charge is 2.36. The van der Waals surface area contributed by atoms with Crippen LogP contribution in [0.5, 0.6) is 17.2 Å². The third kappa shape index (κ3) is 3.72. The van der Waals surface area contributed by atoms with Gasteiger partial charge in [-0.1, -0.05) is 24.3 Å². The minimum Gasteiger partial charge on any atom is -0.497 e. The standard InChI is InChI=1S/C30H32N2O4/c1-19-6-4-5-7-21(19)17-36-30-15-23-20(12-29(30)35-3)10-11-31-16-28-25(14-27(23)31)24-13-22(34-2)8-9-26(24)32(28)18-33/h4-9,12-13,15,27,33H,10-11,14,16-18H2,1-3H3. The number of aryl methyl sites for hydroxylation is 1. The molecule has 6 nitrogen and oxygen atoms in total. The highest BCUT2D eigenvalue weighted by Crippen LogP contribution is 2.45. The van der Waals surface area contributed by atoms with Gasteiger partial charge in [0.1, 0.15) is 19.1 Å². The number of aliphatic hydroxyl groups is 1. The quantitative estimate of drug-likeness (QED) is 0.410. The second kappa shape index (κ2) is 9.19. The number of hydrogen-bond donors (Lipinski definition) is 1. The van der Waals surface area contributed by atoms with Crippen LogP contribution in [0.15, 0.2) is 54.6 Å². The summed E-state index contributed by atoms with van der Waals surface area (Å²) < 4.78 is 19.6. The zero-order valence-corrected chi connectivity index (χ0v) is 21.1. The van der Waals surface area contributed by atoms with Gasteiger partial charge in [-0.3, -0.25) is 4.90 Å². The van der Waals surface area contributed by atoms with Crippen molar-refractivity contribution in [2.24, 2.45) is 0 Å². The summed E-state index contributed by atoms with van der Waals surface area (Å²) in [5, 5.41) is 11.4. The smallest absolute Gasteiger partial charge is 0.162 e. The van der Waals surface area contributed by atoms with E-state index < -0.39 is 0 Å². The van der Waals surface area contributed by atoms with Crippen LogP contribution in [-0.2, 0) is 32.7 Å². The van der Waals surface area contributed by atoms with E-state index in [4.69, 9.17) is 14.2 Å². The minimum atomic E-state index is -0.0264. The van der Waals surface area contributed by atoms with E-state index in [1.165, 1.54) is 33.5 Å². The maximum Gasteiger partial charge on any atom is 0.162 e. The van der Waals surface area contributed by atoms with Gasteiger partial charge in [-0.2, -0.15) is 0 Å². The van der Waals surface area contributed by atoms with Crippen LogP contribution in [0.1, 0.15) is 39.6 Å². The van der Waals surface area contributed by atoms with E-state index in [9.17, 15) is 5.11 Å². The summed E-state index contributed by atoms with van der Waals surface area (Å²) in [5.41, 5.74) is 8.57. The number of methoxy groups -OCH3 is 2. The second-order valence-electron chi connectivity index (χ2n) is 9.74. The van der Waals surface area contributed by atoms with E-state index in [-0.39, 0.29) is 12.8 Å². The molecule has 3 aromatic carbocycles. The molecule has 1 aromatic heterocycles. The first-order valence-electron chi connectivity index (χ1n) is 12.5. The fourth-order valence-electron chi connectivity index (χ4n) is 5.93. The van der Waals surface area contributed by atoms with Crippen LogP contribution >= 0.6 is 0 Å². The molecule has 2 aliphatic heterocycles. The van der Waals surface area contributed by atoms with Crippen molar-refractivity contribution in [2.75, 3.05) is 20.8 Å². The molecule has 1 N–H and O–H groups in total. The van der Waals surface area contributed by atoms with Gasteiger partial charge in [0.2, 0.25) is 0 Å². The molecule has 0 amide bonds. The molecule has 0 fully saturated rings. The molecule has 0 spiro atoms. The summed E-state index contributed by atoms with van der Waals surface area (Å²) in [6.45, 7) is 4.37. The van der Waals surface area contributed by atoms with Gasteiger partial charge in [0, 0.05) is 30.2 Å². The van der Waals surface area contributed by atoms with Gasteiger partial charge in [0.15, 0.2) is 11.5 Å². The van der Waals surface area contributed by atoms with E-state index in [0.717, 1.165) is 54.1 Å². The van der Waals surface area contributed by atoms with Gasteiger partial charge < -0.3 is 23.9 Å². The maximum atomic E-state index is 10.2. The van der Waals surface area contributed by atoms with Crippen LogP contribution in [0.25, 0.3) is 10.9 Å². The van der Waals surface area contributed by atoms with Gasteiger partial charge in [-0.25, -0.2) is 0 Å². The number of aliphatic hydroxyl groups excluding tert-OH is 1. The molecule has 36 heavy (non-hydrogen) atoms. The lowest BCUT2D eigenvalue weighted by Crippen LogP contribution is -2.39. The number of nitrogens with zero attached hydrogens (tertiary/aromatic N) is 2. The highest BCUT2D eigenvalue weighted by molar-refractivity contribution is 5.87. The van der Waals surface area contributed by atoms with Crippen LogP contribution in [0, 0.1) is 6.92 Å². The van der Waals surface area contributed by atoms with Gasteiger partial charge in [-0.15, -0.1) is 0 Å². The normalized spacial score (nSPS) is 16.8. The lowest BCUT2D eigenvalue weighted by atomic mass is 9.85. The molecule has 1 unspecified atom stereocenters. The first kappa shape index (κ1) is 23.0. The van der Waals surface area contributed by atoms with Gasteiger partial charge in [-0.05, 0) is 77.9 Å². The first-order valence-corrected chi connectivity index (χ1v) is 12.5. The Kier molecular flexibility index (Phi) is 5.86. The highest BCUT2D eigenvalue weighted by atomic mass is 16.5. The number of rotatable bonds is 6. The molecule has 6 heteroatoms. The molecule has 4 aromatic rings. The number of aromatic nitrogens is 1. The Labute approximate surface area is 211 Å². The van der Waals surface area contributed by atoms with E-state index in [2.05, 4.69) is 48.2 Å². The average Bonchev–Trinajstić information content (AvgIpc) is 3.22. The van der Waals surface area contributed by atoms with Crippen molar-refractivity contribution in [1.29, 1.82) is 0 Å². The molecular formula is C30H32N2O4. The Morgan fingerprint density at radius 3 is 2.64 bits per heavy atom. The molecule has 0 radical (unpaired) electrons. The van der Waals surface area contributed by atoms with Crippen LogP contribution in [0.2, 0.25) is 0 Å². The lowest BCUT2D eigenvalue weighted by molar-refractivity contribution is 0.145. The fraction of sp³-hybridized carbons (Fsp3) is 0.333. The minimum absolute atomic E-state index is 0.0264. The predicted octanol–water partition coefficient (Wildman–Crippen LogP) is 5.15. The van der Waals surface area contributed by atoms with E-state index in [1.54, 1.807) is 14.2 Å². The van der Waals surface area contributed by atoms with Crippen LogP contribution < -0.4 is 14.2 Å². The van der Waals surface area contributed by atoms with Crippen LogP contribution in [0.4, 0.5) is 0 Å². The van der Waals surface area contributed by atoms with Crippen LogP contribution in [0.3, 0.4) is 0 Å². The second-order valence-corrected chi connectivity index (χ2v) is 9.74. The molecule has 0 aliphatic carbocycles. The Bertz CT molecular complexity index is 1440. The van der Waals surface area contributed by atoms with Crippen molar-refractivity contribution in [1.82, 2.24) is 9.47 Å². The molecule has 0 saturated heterocycles. The molecule has 6 rings (SSSR count). The summed E-state index contributed by atoms with van der Waals surface area (Å²) in [7, 11) is 3.41. The van der Waals surface area contributed by atoms with Crippen molar-refractivity contribution in [3.8, 4) is 17.2 Å². The SMILES string of the molecule is COc1ccc2c(c1)c1c(n2CO)CN2CCc3cc(OC)c(OCc4ccccc4C)cc3C2C1. The zero-order valence-electron chi connectivity index (χ0n) is 21.1. The predicted molar refractivity (Wildman–Crippen MR) is 140 cm³/mol. The maximum absolute atomic E-state index is 10.2. The third-order valence-electron chi connectivity index (χ3n) is 7.92. The number of fused-ring (bicyclic) bond motifs is 6. The van der Waals surface area contributed by atoms with Crippen molar-refractivity contribution in [2.45, 2.75) is 45.7 Å². The molecule has 0 bridgehead atoms. The molecule has 186 valence electrons. The topological polar surface area (TPSA) is 56.1 Å². The zero-order chi connectivity index (χ0) is 24.8. The lowest BCUT2D eigenvalue weighted by Gasteiger charge is -2.41. The molecular weight excluding hydrogens is 452 g/mol. The number of ether oxygens (including phenoxy) is 3. The summed E-state index contributed by atoms with van der Waals surface area (Å²) in [5.74, 6) is 2.41. The first-order chi connectivity index (χ1) is 17.6.